The third-order valence-electron chi connectivity index (χ3n) is 3.11. The zero-order valence-corrected chi connectivity index (χ0v) is 11.3. The number of anilines is 1. The highest BCUT2D eigenvalue weighted by Gasteiger charge is 2.14. The molecule has 5 heteroatoms. The summed E-state index contributed by atoms with van der Waals surface area (Å²) in [6.45, 7) is 0. The molecule has 0 amide bonds. The summed E-state index contributed by atoms with van der Waals surface area (Å²) in [4.78, 5) is 4.16. The minimum Gasteiger partial charge on any atom is -0.497 e. The molecule has 106 valence electrons. The van der Waals surface area contributed by atoms with Crippen molar-refractivity contribution >= 4 is 16.6 Å². The van der Waals surface area contributed by atoms with Gasteiger partial charge in [-0.2, -0.15) is 0 Å². The minimum atomic E-state index is -0.547. The van der Waals surface area contributed by atoms with Crippen LogP contribution >= 0.6 is 0 Å². The van der Waals surface area contributed by atoms with E-state index >= 15 is 0 Å². The van der Waals surface area contributed by atoms with Crippen LogP contribution in [-0.2, 0) is 0 Å². The van der Waals surface area contributed by atoms with Crippen molar-refractivity contribution in [2.45, 2.75) is 0 Å². The van der Waals surface area contributed by atoms with E-state index in [1.807, 2.05) is 0 Å². The molecule has 0 aliphatic heterocycles. The summed E-state index contributed by atoms with van der Waals surface area (Å²) in [5.74, 6) is 0.703. The number of pyridine rings is 1. The van der Waals surface area contributed by atoms with E-state index in [-0.39, 0.29) is 5.75 Å². The van der Waals surface area contributed by atoms with E-state index in [4.69, 9.17) is 15.2 Å². The summed E-state index contributed by atoms with van der Waals surface area (Å²) >= 11 is 0. The van der Waals surface area contributed by atoms with Crippen molar-refractivity contribution in [2.24, 2.45) is 0 Å². The summed E-state index contributed by atoms with van der Waals surface area (Å²) in [6, 6.07) is 11.6. The molecular formula is C16H13FN2O2. The maximum absolute atomic E-state index is 14.1. The fourth-order valence-electron chi connectivity index (χ4n) is 2.07. The number of hydrogen-bond acceptors (Lipinski definition) is 4. The smallest absolute Gasteiger partial charge is 0.189 e. The van der Waals surface area contributed by atoms with Crippen molar-refractivity contribution < 1.29 is 13.9 Å². The first-order chi connectivity index (χ1) is 10.2. The number of halogens is 1. The molecule has 0 bridgehead atoms. The Morgan fingerprint density at radius 3 is 2.52 bits per heavy atom. The van der Waals surface area contributed by atoms with Gasteiger partial charge in [-0.25, -0.2) is 4.39 Å². The molecule has 0 saturated carbocycles. The van der Waals surface area contributed by atoms with Crippen molar-refractivity contribution in [3.63, 3.8) is 0 Å². The van der Waals surface area contributed by atoms with Gasteiger partial charge >= 0.3 is 0 Å². The summed E-state index contributed by atoms with van der Waals surface area (Å²) < 4.78 is 24.8. The molecule has 21 heavy (non-hydrogen) atoms. The second-order valence-corrected chi connectivity index (χ2v) is 4.45. The number of benzene rings is 2. The summed E-state index contributed by atoms with van der Waals surface area (Å²) in [7, 11) is 1.58. The first-order valence-corrected chi connectivity index (χ1v) is 6.33. The third-order valence-corrected chi connectivity index (χ3v) is 3.11. The predicted molar refractivity (Wildman–Crippen MR) is 79.2 cm³/mol. The average molecular weight is 284 g/mol. The lowest BCUT2D eigenvalue weighted by molar-refractivity contribution is 0.411. The minimum absolute atomic E-state index is 0.0602. The molecule has 0 atom stereocenters. The van der Waals surface area contributed by atoms with Gasteiger partial charge in [0, 0.05) is 23.3 Å². The Bertz CT molecular complexity index is 788. The number of nitrogens with two attached hydrogens (primary N) is 1. The first-order valence-electron chi connectivity index (χ1n) is 6.33. The molecular weight excluding hydrogens is 271 g/mol. The van der Waals surface area contributed by atoms with Crippen LogP contribution < -0.4 is 15.2 Å². The summed E-state index contributed by atoms with van der Waals surface area (Å²) in [5, 5.41) is 0.655. The van der Waals surface area contributed by atoms with Crippen LogP contribution in [0.5, 0.6) is 17.2 Å². The normalized spacial score (nSPS) is 10.6. The van der Waals surface area contributed by atoms with Crippen LogP contribution in [0.25, 0.3) is 10.9 Å². The number of hydrogen-bond donors (Lipinski definition) is 1. The first kappa shape index (κ1) is 13.2. The topological polar surface area (TPSA) is 57.4 Å². The molecule has 2 aromatic carbocycles. The van der Waals surface area contributed by atoms with Gasteiger partial charge in [-0.15, -0.1) is 0 Å². The van der Waals surface area contributed by atoms with Gasteiger partial charge in [0.25, 0.3) is 0 Å². The van der Waals surface area contributed by atoms with Gasteiger partial charge in [0.2, 0.25) is 0 Å². The molecule has 0 fully saturated rings. The third kappa shape index (κ3) is 2.45. The standard InChI is InChI=1S/C16H13FN2O2/c1-20-10-4-6-11(7-5-10)21-16-13(17)9-14(18)12-3-2-8-19-15(12)16/h2-9H,18H2,1H3. The molecule has 3 aromatic rings. The van der Waals surface area contributed by atoms with Gasteiger partial charge in [-0.1, -0.05) is 0 Å². The lowest BCUT2D eigenvalue weighted by Gasteiger charge is -2.11. The molecule has 0 aliphatic rings. The number of nitrogens with zero attached hydrogens (tertiary/aromatic N) is 1. The second kappa shape index (κ2) is 5.28. The second-order valence-electron chi connectivity index (χ2n) is 4.45. The van der Waals surface area contributed by atoms with Crippen molar-refractivity contribution in [2.75, 3.05) is 12.8 Å². The van der Waals surface area contributed by atoms with Crippen LogP contribution in [0, 0.1) is 5.82 Å². The maximum atomic E-state index is 14.1. The fraction of sp³-hybridized carbons (Fsp3) is 0.0625. The Balaban J connectivity index is 2.07. The van der Waals surface area contributed by atoms with Gasteiger partial charge in [0.15, 0.2) is 11.6 Å². The Labute approximate surface area is 120 Å². The van der Waals surface area contributed by atoms with Crippen LogP contribution in [0.4, 0.5) is 10.1 Å². The van der Waals surface area contributed by atoms with E-state index in [0.717, 1.165) is 0 Å². The maximum Gasteiger partial charge on any atom is 0.189 e. The van der Waals surface area contributed by atoms with Gasteiger partial charge in [0.05, 0.1) is 7.11 Å². The van der Waals surface area contributed by atoms with E-state index in [0.29, 0.717) is 28.1 Å². The zero-order chi connectivity index (χ0) is 14.8. The molecule has 1 aromatic heterocycles. The highest BCUT2D eigenvalue weighted by Crippen LogP contribution is 2.34. The molecule has 3 rings (SSSR count). The predicted octanol–water partition coefficient (Wildman–Crippen LogP) is 3.76. The van der Waals surface area contributed by atoms with Crippen molar-refractivity contribution in [1.29, 1.82) is 0 Å². The van der Waals surface area contributed by atoms with E-state index in [1.165, 1.54) is 6.07 Å². The Kier molecular flexibility index (Phi) is 3.31. The molecule has 0 aliphatic carbocycles. The van der Waals surface area contributed by atoms with Crippen LogP contribution in [0.3, 0.4) is 0 Å². The number of nitrogen functional groups attached to an aromatic ring is 1. The van der Waals surface area contributed by atoms with Gasteiger partial charge in [-0.05, 0) is 36.4 Å². The molecule has 0 spiro atoms. The number of rotatable bonds is 3. The molecule has 1 heterocycles. The SMILES string of the molecule is COc1ccc(Oc2c(F)cc(N)c3cccnc23)cc1. The highest BCUT2D eigenvalue weighted by atomic mass is 19.1. The van der Waals surface area contributed by atoms with Gasteiger partial charge in [-0.3, -0.25) is 4.98 Å². The summed E-state index contributed by atoms with van der Waals surface area (Å²) in [5.41, 5.74) is 6.53. The summed E-state index contributed by atoms with van der Waals surface area (Å²) in [6.07, 6.45) is 1.57. The monoisotopic (exact) mass is 284 g/mol. The van der Waals surface area contributed by atoms with Crippen LogP contribution in [0.2, 0.25) is 0 Å². The molecule has 0 saturated heterocycles. The molecule has 0 radical (unpaired) electrons. The number of aromatic nitrogens is 1. The quantitative estimate of drug-likeness (QED) is 0.744. The van der Waals surface area contributed by atoms with E-state index < -0.39 is 5.82 Å². The number of methoxy groups -OCH3 is 1. The molecule has 2 N–H and O–H groups in total. The lowest BCUT2D eigenvalue weighted by atomic mass is 10.1. The largest absolute Gasteiger partial charge is 0.497 e. The van der Waals surface area contributed by atoms with Crippen molar-refractivity contribution in [3.8, 4) is 17.2 Å². The Morgan fingerprint density at radius 2 is 1.81 bits per heavy atom. The Hall–Kier alpha value is -2.82. The van der Waals surface area contributed by atoms with Crippen LogP contribution in [0.1, 0.15) is 0 Å². The van der Waals surface area contributed by atoms with Crippen molar-refractivity contribution in [1.82, 2.24) is 4.98 Å². The molecule has 0 unspecified atom stereocenters. The van der Waals surface area contributed by atoms with Crippen LogP contribution in [-0.4, -0.2) is 12.1 Å². The molecule has 4 nitrogen and oxygen atoms in total. The Morgan fingerprint density at radius 1 is 1.10 bits per heavy atom. The van der Waals surface area contributed by atoms with Crippen LogP contribution in [0.15, 0.2) is 48.7 Å². The highest BCUT2D eigenvalue weighted by molar-refractivity contribution is 5.94. The van der Waals surface area contributed by atoms with Gasteiger partial charge < -0.3 is 15.2 Å². The van der Waals surface area contributed by atoms with Crippen molar-refractivity contribution in [3.05, 3.63) is 54.5 Å². The van der Waals surface area contributed by atoms with E-state index in [9.17, 15) is 4.39 Å². The fourth-order valence-corrected chi connectivity index (χ4v) is 2.07. The van der Waals surface area contributed by atoms with E-state index in [2.05, 4.69) is 4.98 Å². The zero-order valence-electron chi connectivity index (χ0n) is 11.3. The van der Waals surface area contributed by atoms with E-state index in [1.54, 1.807) is 49.7 Å². The number of fused-ring (bicyclic) bond motifs is 1. The van der Waals surface area contributed by atoms with Gasteiger partial charge in [0.1, 0.15) is 17.0 Å². The average Bonchev–Trinajstić information content (AvgIpc) is 2.52. The lowest BCUT2D eigenvalue weighted by Crippen LogP contribution is -1.96. The number of ether oxygens (including phenoxy) is 2.